The Balaban J connectivity index is 1.95. The average molecular weight is 400 g/mol. The quantitative estimate of drug-likeness (QED) is 0.637. The standard InChI is InChI=1S/C23H34N4O2/c1-17(2)14-26(15-18(3)4)13-12-24-22(28)16-27-23(29)11-10-21(25-27)20-8-6-19(5)7-9-20/h6-11,17-18H,12-16H2,1-5H3,(H,24,28)/p+1. The fraction of sp³-hybridized carbons (Fsp3) is 0.522. The fourth-order valence-corrected chi connectivity index (χ4v) is 3.45. The van der Waals surface area contributed by atoms with E-state index in [-0.39, 0.29) is 18.0 Å². The van der Waals surface area contributed by atoms with E-state index in [9.17, 15) is 9.59 Å². The van der Waals surface area contributed by atoms with Crippen LogP contribution >= 0.6 is 0 Å². The zero-order valence-electron chi connectivity index (χ0n) is 18.4. The van der Waals surface area contributed by atoms with Crippen LogP contribution in [0, 0.1) is 18.8 Å². The van der Waals surface area contributed by atoms with Crippen LogP contribution in [0.5, 0.6) is 0 Å². The van der Waals surface area contributed by atoms with Crippen LogP contribution in [0.2, 0.25) is 0 Å². The van der Waals surface area contributed by atoms with Crippen molar-refractivity contribution in [3.8, 4) is 11.3 Å². The number of quaternary nitrogens is 1. The molecule has 0 spiro atoms. The van der Waals surface area contributed by atoms with Crippen LogP contribution in [0.1, 0.15) is 33.3 Å². The van der Waals surface area contributed by atoms with Crippen molar-refractivity contribution < 1.29 is 9.69 Å². The van der Waals surface area contributed by atoms with E-state index in [1.54, 1.807) is 6.07 Å². The topological polar surface area (TPSA) is 68.4 Å². The Hall–Kier alpha value is -2.47. The van der Waals surface area contributed by atoms with Crippen LogP contribution in [0.25, 0.3) is 11.3 Å². The largest absolute Gasteiger partial charge is 0.349 e. The summed E-state index contributed by atoms with van der Waals surface area (Å²) in [4.78, 5) is 26.0. The molecule has 1 aromatic heterocycles. The first-order chi connectivity index (χ1) is 13.7. The predicted molar refractivity (Wildman–Crippen MR) is 117 cm³/mol. The van der Waals surface area contributed by atoms with Crippen molar-refractivity contribution in [1.29, 1.82) is 0 Å². The highest BCUT2D eigenvalue weighted by atomic mass is 16.2. The monoisotopic (exact) mass is 399 g/mol. The van der Waals surface area contributed by atoms with Gasteiger partial charge in [-0.1, -0.05) is 57.5 Å². The molecule has 0 aliphatic carbocycles. The summed E-state index contributed by atoms with van der Waals surface area (Å²) in [6, 6.07) is 11.1. The molecule has 2 rings (SSSR count). The molecule has 0 aliphatic rings. The van der Waals surface area contributed by atoms with Crippen molar-refractivity contribution in [2.24, 2.45) is 11.8 Å². The van der Waals surface area contributed by atoms with Crippen LogP contribution in [0.3, 0.4) is 0 Å². The average Bonchev–Trinajstić information content (AvgIpc) is 2.63. The zero-order chi connectivity index (χ0) is 21.4. The maximum Gasteiger partial charge on any atom is 0.267 e. The van der Waals surface area contributed by atoms with E-state index in [0.29, 0.717) is 24.1 Å². The molecular weight excluding hydrogens is 364 g/mol. The number of benzene rings is 1. The third kappa shape index (κ3) is 7.81. The first kappa shape index (κ1) is 22.8. The molecule has 1 heterocycles. The van der Waals surface area contributed by atoms with E-state index in [1.807, 2.05) is 31.2 Å². The van der Waals surface area contributed by atoms with Gasteiger partial charge in [0.1, 0.15) is 6.54 Å². The van der Waals surface area contributed by atoms with Crippen molar-refractivity contribution in [1.82, 2.24) is 15.1 Å². The fourth-order valence-electron chi connectivity index (χ4n) is 3.45. The molecule has 0 bridgehead atoms. The zero-order valence-corrected chi connectivity index (χ0v) is 18.4. The summed E-state index contributed by atoms with van der Waals surface area (Å²) in [5, 5.41) is 7.31. The number of carbonyl (C=O) groups is 1. The molecule has 0 atom stereocenters. The highest BCUT2D eigenvalue weighted by Gasteiger charge is 2.14. The molecule has 1 aromatic carbocycles. The second-order valence-corrected chi connectivity index (χ2v) is 8.63. The van der Waals surface area contributed by atoms with Crippen LogP contribution in [0.15, 0.2) is 41.2 Å². The van der Waals surface area contributed by atoms with E-state index in [4.69, 9.17) is 0 Å². The van der Waals surface area contributed by atoms with Gasteiger partial charge in [-0.3, -0.25) is 9.59 Å². The van der Waals surface area contributed by atoms with E-state index >= 15 is 0 Å². The molecule has 6 nitrogen and oxygen atoms in total. The van der Waals surface area contributed by atoms with Crippen LogP contribution in [-0.2, 0) is 11.3 Å². The number of aryl methyl sites for hydroxylation is 1. The highest BCUT2D eigenvalue weighted by Crippen LogP contribution is 2.15. The number of carbonyl (C=O) groups excluding carboxylic acids is 1. The molecule has 158 valence electrons. The number of nitrogens with zero attached hydrogens (tertiary/aromatic N) is 2. The van der Waals surface area contributed by atoms with Gasteiger partial charge in [0.2, 0.25) is 5.91 Å². The van der Waals surface area contributed by atoms with Crippen LogP contribution in [-0.4, -0.2) is 41.9 Å². The Labute approximate surface area is 173 Å². The van der Waals surface area contributed by atoms with E-state index < -0.39 is 0 Å². The minimum absolute atomic E-state index is 0.0672. The lowest BCUT2D eigenvalue weighted by atomic mass is 10.1. The first-order valence-electron chi connectivity index (χ1n) is 10.5. The lowest BCUT2D eigenvalue weighted by Crippen LogP contribution is -3.13. The Kier molecular flexibility index (Phi) is 8.58. The Bertz CT molecular complexity index is 831. The van der Waals surface area contributed by atoms with Gasteiger partial charge in [-0.2, -0.15) is 5.10 Å². The second-order valence-electron chi connectivity index (χ2n) is 8.63. The minimum Gasteiger partial charge on any atom is -0.349 e. The molecule has 6 heteroatoms. The van der Waals surface area contributed by atoms with Gasteiger partial charge < -0.3 is 10.2 Å². The van der Waals surface area contributed by atoms with Crippen molar-refractivity contribution in [2.75, 3.05) is 26.2 Å². The van der Waals surface area contributed by atoms with Crippen LogP contribution < -0.4 is 15.8 Å². The minimum atomic E-state index is -0.275. The summed E-state index contributed by atoms with van der Waals surface area (Å²) >= 11 is 0. The summed E-state index contributed by atoms with van der Waals surface area (Å²) in [6.45, 7) is 14.5. The summed E-state index contributed by atoms with van der Waals surface area (Å²) in [6.07, 6.45) is 0. The van der Waals surface area contributed by atoms with Gasteiger partial charge in [0.25, 0.3) is 5.56 Å². The maximum atomic E-state index is 12.4. The van der Waals surface area contributed by atoms with E-state index in [1.165, 1.54) is 15.6 Å². The molecule has 29 heavy (non-hydrogen) atoms. The molecule has 0 saturated heterocycles. The molecule has 0 saturated carbocycles. The van der Waals surface area contributed by atoms with Crippen molar-refractivity contribution in [2.45, 2.75) is 41.2 Å². The molecule has 1 amide bonds. The number of rotatable bonds is 10. The number of hydrogen-bond acceptors (Lipinski definition) is 3. The maximum absolute atomic E-state index is 12.4. The molecule has 2 N–H and O–H groups in total. The normalized spacial score (nSPS) is 11.4. The van der Waals surface area contributed by atoms with E-state index in [0.717, 1.165) is 30.8 Å². The molecule has 0 radical (unpaired) electrons. The van der Waals surface area contributed by atoms with Gasteiger partial charge in [-0.15, -0.1) is 0 Å². The summed E-state index contributed by atoms with van der Waals surface area (Å²) in [5.74, 6) is 1.05. The van der Waals surface area contributed by atoms with Crippen molar-refractivity contribution in [3.05, 3.63) is 52.3 Å². The molecule has 0 aliphatic heterocycles. The van der Waals surface area contributed by atoms with Gasteiger partial charge in [0, 0.05) is 23.5 Å². The van der Waals surface area contributed by atoms with Crippen molar-refractivity contribution >= 4 is 5.91 Å². The summed E-state index contributed by atoms with van der Waals surface area (Å²) < 4.78 is 1.23. The summed E-state index contributed by atoms with van der Waals surface area (Å²) in [5.41, 5.74) is 2.49. The Morgan fingerprint density at radius 1 is 1.03 bits per heavy atom. The summed E-state index contributed by atoms with van der Waals surface area (Å²) in [7, 11) is 0. The van der Waals surface area contributed by atoms with E-state index in [2.05, 4.69) is 38.1 Å². The molecule has 2 aromatic rings. The molecular formula is C23H35N4O2+. The number of amides is 1. The smallest absolute Gasteiger partial charge is 0.267 e. The SMILES string of the molecule is Cc1ccc(-c2ccc(=O)n(CC(=O)NCC[NH+](CC(C)C)CC(C)C)n2)cc1. The lowest BCUT2D eigenvalue weighted by Gasteiger charge is -2.23. The number of aromatic nitrogens is 2. The Morgan fingerprint density at radius 3 is 2.24 bits per heavy atom. The number of hydrogen-bond donors (Lipinski definition) is 2. The third-order valence-electron chi connectivity index (χ3n) is 4.70. The van der Waals surface area contributed by atoms with Gasteiger partial charge in [0.15, 0.2) is 0 Å². The predicted octanol–water partition coefficient (Wildman–Crippen LogP) is 1.53. The molecule has 0 unspecified atom stereocenters. The first-order valence-corrected chi connectivity index (χ1v) is 10.5. The molecule has 0 fully saturated rings. The van der Waals surface area contributed by atoms with Crippen LogP contribution in [0.4, 0.5) is 0 Å². The van der Waals surface area contributed by atoms with Gasteiger partial charge >= 0.3 is 0 Å². The van der Waals surface area contributed by atoms with Gasteiger partial charge in [-0.05, 0) is 13.0 Å². The van der Waals surface area contributed by atoms with Gasteiger partial charge in [-0.25, -0.2) is 4.68 Å². The van der Waals surface area contributed by atoms with Gasteiger partial charge in [0.05, 0.1) is 31.9 Å². The Morgan fingerprint density at radius 2 is 1.66 bits per heavy atom. The lowest BCUT2D eigenvalue weighted by molar-refractivity contribution is -0.904. The van der Waals surface area contributed by atoms with Crippen molar-refractivity contribution in [3.63, 3.8) is 0 Å². The number of nitrogens with one attached hydrogen (secondary N) is 2. The third-order valence-corrected chi connectivity index (χ3v) is 4.70. The second kappa shape index (κ2) is 10.9. The highest BCUT2D eigenvalue weighted by molar-refractivity contribution is 5.75.